The average Bonchev–Trinajstić information content (AvgIpc) is 3.90. The number of nitrogens with zero attached hydrogens (tertiary/aromatic N) is 2. The van der Waals surface area contributed by atoms with Crippen molar-refractivity contribution in [3.63, 3.8) is 0 Å². The third-order valence-corrected chi connectivity index (χ3v) is 12.6. The van der Waals surface area contributed by atoms with Gasteiger partial charge in [-0.3, -0.25) is 0 Å². The SMILES string of the molecule is CC1(C)c2cc(N(c3ccc(-c4ccc5ccccc5c4)cc3)c3cccc4c3oc3ccccc34)ccc2-c2ccc(-n3c4ccccc4c4ccccc43)cc21. The van der Waals surface area contributed by atoms with E-state index in [0.717, 1.165) is 39.0 Å². The van der Waals surface area contributed by atoms with Gasteiger partial charge in [-0.05, 0) is 111 Å². The molecule has 0 aliphatic heterocycles. The van der Waals surface area contributed by atoms with Crippen molar-refractivity contribution in [3.8, 4) is 27.9 Å². The molecule has 3 heteroatoms. The summed E-state index contributed by atoms with van der Waals surface area (Å²) in [5, 5.41) is 7.27. The molecule has 9 aromatic carbocycles. The van der Waals surface area contributed by atoms with E-state index in [1.54, 1.807) is 0 Å². The van der Waals surface area contributed by atoms with Gasteiger partial charge in [-0.2, -0.15) is 0 Å². The van der Waals surface area contributed by atoms with Gasteiger partial charge in [0.2, 0.25) is 0 Å². The van der Waals surface area contributed by atoms with E-state index in [-0.39, 0.29) is 5.41 Å². The zero-order valence-corrected chi connectivity index (χ0v) is 32.3. The molecule has 0 radical (unpaired) electrons. The van der Waals surface area contributed by atoms with Crippen molar-refractivity contribution >= 4 is 71.6 Å². The Hall–Kier alpha value is -7.36. The van der Waals surface area contributed by atoms with Gasteiger partial charge in [0.05, 0.1) is 16.7 Å². The van der Waals surface area contributed by atoms with E-state index in [1.165, 1.54) is 71.6 Å². The molecule has 3 nitrogen and oxygen atoms in total. The maximum atomic E-state index is 6.69. The monoisotopic (exact) mass is 742 g/mol. The quantitative estimate of drug-likeness (QED) is 0.175. The van der Waals surface area contributed by atoms with Crippen LogP contribution >= 0.6 is 0 Å². The minimum Gasteiger partial charge on any atom is -0.454 e. The molecule has 0 saturated heterocycles. The second-order valence-electron chi connectivity index (χ2n) is 16.2. The first-order valence-corrected chi connectivity index (χ1v) is 20.1. The second-order valence-corrected chi connectivity index (χ2v) is 16.2. The summed E-state index contributed by atoms with van der Waals surface area (Å²) in [6.07, 6.45) is 0. The van der Waals surface area contributed by atoms with Crippen molar-refractivity contribution in [1.82, 2.24) is 4.57 Å². The van der Waals surface area contributed by atoms with Gasteiger partial charge in [-0.25, -0.2) is 0 Å². The molecule has 12 rings (SSSR count). The fourth-order valence-electron chi connectivity index (χ4n) is 9.70. The van der Waals surface area contributed by atoms with Gasteiger partial charge < -0.3 is 13.9 Å². The molecule has 0 atom stereocenters. The van der Waals surface area contributed by atoms with Gasteiger partial charge in [0.15, 0.2) is 5.58 Å². The Morgan fingerprint density at radius 2 is 1.05 bits per heavy atom. The number of hydrogen-bond acceptors (Lipinski definition) is 2. The van der Waals surface area contributed by atoms with E-state index in [2.05, 4.69) is 211 Å². The summed E-state index contributed by atoms with van der Waals surface area (Å²) in [5.41, 5.74) is 15.9. The van der Waals surface area contributed by atoms with Crippen LogP contribution in [0, 0.1) is 0 Å². The van der Waals surface area contributed by atoms with Crippen LogP contribution in [0.2, 0.25) is 0 Å². The normalized spacial score (nSPS) is 13.1. The van der Waals surface area contributed by atoms with Gasteiger partial charge in [0.25, 0.3) is 0 Å². The maximum Gasteiger partial charge on any atom is 0.159 e. The largest absolute Gasteiger partial charge is 0.454 e. The Labute approximate surface area is 336 Å². The van der Waals surface area contributed by atoms with Gasteiger partial charge in [-0.15, -0.1) is 0 Å². The van der Waals surface area contributed by atoms with Crippen LogP contribution in [0.1, 0.15) is 25.0 Å². The van der Waals surface area contributed by atoms with Gasteiger partial charge >= 0.3 is 0 Å². The lowest BCUT2D eigenvalue weighted by molar-refractivity contribution is 0.660. The first-order chi connectivity index (χ1) is 28.5. The lowest BCUT2D eigenvalue weighted by Gasteiger charge is -2.28. The van der Waals surface area contributed by atoms with Crippen molar-refractivity contribution < 1.29 is 4.42 Å². The highest BCUT2D eigenvalue weighted by Crippen LogP contribution is 2.52. The maximum absolute atomic E-state index is 6.69. The van der Waals surface area contributed by atoms with E-state index in [1.807, 2.05) is 6.07 Å². The summed E-state index contributed by atoms with van der Waals surface area (Å²) in [5.74, 6) is 0. The van der Waals surface area contributed by atoms with Crippen LogP contribution in [0.3, 0.4) is 0 Å². The number of rotatable bonds is 5. The fourth-order valence-corrected chi connectivity index (χ4v) is 9.70. The van der Waals surface area contributed by atoms with Crippen LogP contribution in [0.15, 0.2) is 199 Å². The number of para-hydroxylation sites is 4. The lowest BCUT2D eigenvalue weighted by atomic mass is 9.82. The fraction of sp³-hybridized carbons (Fsp3) is 0.0545. The standard InChI is InChI=1S/C55H38N2O/c1-55(2)48-33-40(28-30-42(48)43-31-29-41(34-49(43)55)57-50-18-8-5-14-44(50)45-15-6-9-19-51(45)57)56(52-20-11-17-47-46-16-7-10-21-53(46)58-54(47)52)39-26-24-36(25-27-39)38-23-22-35-12-3-4-13-37(35)32-38/h3-34H,1-2H3. The molecule has 1 aliphatic carbocycles. The summed E-state index contributed by atoms with van der Waals surface area (Å²) in [7, 11) is 0. The van der Waals surface area contributed by atoms with Crippen molar-refractivity contribution in [1.29, 1.82) is 0 Å². The average molecular weight is 743 g/mol. The first-order valence-electron chi connectivity index (χ1n) is 20.1. The molecule has 0 fully saturated rings. The van der Waals surface area contributed by atoms with Crippen LogP contribution in [-0.2, 0) is 5.41 Å². The number of fused-ring (bicyclic) bond motifs is 10. The molecule has 0 bridgehead atoms. The Kier molecular flexibility index (Phi) is 6.98. The Morgan fingerprint density at radius 3 is 1.83 bits per heavy atom. The molecular weight excluding hydrogens is 705 g/mol. The van der Waals surface area contributed by atoms with Crippen LogP contribution in [0.4, 0.5) is 17.1 Å². The highest BCUT2D eigenvalue weighted by atomic mass is 16.3. The molecule has 58 heavy (non-hydrogen) atoms. The van der Waals surface area contributed by atoms with Gasteiger partial charge in [0, 0.05) is 44.0 Å². The molecule has 1 aliphatic rings. The molecule has 2 heterocycles. The van der Waals surface area contributed by atoms with E-state index < -0.39 is 0 Å². The topological polar surface area (TPSA) is 21.3 Å². The molecule has 0 saturated carbocycles. The summed E-state index contributed by atoms with van der Waals surface area (Å²) in [6.45, 7) is 4.75. The predicted molar refractivity (Wildman–Crippen MR) is 243 cm³/mol. The van der Waals surface area contributed by atoms with E-state index in [4.69, 9.17) is 4.42 Å². The summed E-state index contributed by atoms with van der Waals surface area (Å²) < 4.78 is 9.11. The molecule has 0 amide bonds. The number of anilines is 3. The second kappa shape index (κ2) is 12.3. The Balaban J connectivity index is 1.00. The zero-order chi connectivity index (χ0) is 38.5. The summed E-state index contributed by atoms with van der Waals surface area (Å²) >= 11 is 0. The lowest BCUT2D eigenvalue weighted by Crippen LogP contribution is -2.17. The van der Waals surface area contributed by atoms with E-state index >= 15 is 0 Å². The van der Waals surface area contributed by atoms with Crippen molar-refractivity contribution in [2.75, 3.05) is 4.90 Å². The third-order valence-electron chi connectivity index (χ3n) is 12.6. The van der Waals surface area contributed by atoms with Gasteiger partial charge in [0.1, 0.15) is 5.58 Å². The third kappa shape index (κ3) is 4.80. The van der Waals surface area contributed by atoms with E-state index in [0.29, 0.717) is 0 Å². The number of aromatic nitrogens is 1. The van der Waals surface area contributed by atoms with Crippen molar-refractivity contribution in [3.05, 3.63) is 205 Å². The smallest absolute Gasteiger partial charge is 0.159 e. The summed E-state index contributed by atoms with van der Waals surface area (Å²) in [6, 6.07) is 70.6. The van der Waals surface area contributed by atoms with Crippen LogP contribution < -0.4 is 4.90 Å². The molecular formula is C55H38N2O. The van der Waals surface area contributed by atoms with Crippen molar-refractivity contribution in [2.24, 2.45) is 0 Å². The number of hydrogen-bond donors (Lipinski definition) is 0. The van der Waals surface area contributed by atoms with Crippen LogP contribution in [0.5, 0.6) is 0 Å². The van der Waals surface area contributed by atoms with E-state index in [9.17, 15) is 0 Å². The summed E-state index contributed by atoms with van der Waals surface area (Å²) in [4.78, 5) is 2.37. The number of furan rings is 1. The molecule has 2 aromatic heterocycles. The molecule has 274 valence electrons. The highest BCUT2D eigenvalue weighted by Gasteiger charge is 2.37. The minimum atomic E-state index is -0.244. The van der Waals surface area contributed by atoms with Crippen LogP contribution in [-0.4, -0.2) is 4.57 Å². The molecule has 0 unspecified atom stereocenters. The Bertz CT molecular complexity index is 3380. The molecule has 0 N–H and O–H groups in total. The first kappa shape index (κ1) is 32.8. The minimum absolute atomic E-state index is 0.244. The highest BCUT2D eigenvalue weighted by molar-refractivity contribution is 6.11. The number of benzene rings is 9. The van der Waals surface area contributed by atoms with Crippen LogP contribution in [0.25, 0.3) is 82.5 Å². The van der Waals surface area contributed by atoms with Gasteiger partial charge in [-0.1, -0.05) is 141 Å². The molecule has 11 aromatic rings. The zero-order valence-electron chi connectivity index (χ0n) is 32.3. The Morgan fingerprint density at radius 1 is 0.448 bits per heavy atom. The van der Waals surface area contributed by atoms with Crippen molar-refractivity contribution in [2.45, 2.75) is 19.3 Å². The molecule has 0 spiro atoms. The predicted octanol–water partition coefficient (Wildman–Crippen LogP) is 15.3.